The van der Waals surface area contributed by atoms with Crippen LogP contribution in [0.1, 0.15) is 18.5 Å². The van der Waals surface area contributed by atoms with E-state index in [9.17, 15) is 9.90 Å². The Morgan fingerprint density at radius 3 is 2.81 bits per heavy atom. The molecule has 0 bridgehead atoms. The minimum atomic E-state index is -0.864. The fraction of sp³-hybridized carbons (Fsp3) is 0.636. The minimum Gasteiger partial charge on any atom is -0.480 e. The summed E-state index contributed by atoms with van der Waals surface area (Å²) >= 11 is 0. The van der Waals surface area contributed by atoms with Gasteiger partial charge >= 0.3 is 5.97 Å². The van der Waals surface area contributed by atoms with Gasteiger partial charge in [0, 0.05) is 11.9 Å². The van der Waals surface area contributed by atoms with E-state index in [2.05, 4.69) is 10.4 Å². The summed E-state index contributed by atoms with van der Waals surface area (Å²) in [5, 5.41) is 16.6. The molecule has 5 nitrogen and oxygen atoms in total. The van der Waals surface area contributed by atoms with Crippen molar-refractivity contribution in [1.82, 2.24) is 15.1 Å². The third kappa shape index (κ3) is 1.71. The molecular formula is C11H17N3O2. The third-order valence-electron chi connectivity index (χ3n) is 3.43. The first-order valence-corrected chi connectivity index (χ1v) is 5.51. The smallest absolute Gasteiger partial charge is 0.326 e. The van der Waals surface area contributed by atoms with Crippen molar-refractivity contribution in [3.8, 4) is 0 Å². The van der Waals surface area contributed by atoms with Crippen molar-refractivity contribution in [2.24, 2.45) is 5.92 Å². The molecular weight excluding hydrogens is 206 g/mol. The molecule has 88 valence electrons. The van der Waals surface area contributed by atoms with E-state index in [-0.39, 0.29) is 5.92 Å². The molecule has 1 aliphatic carbocycles. The molecule has 2 N–H and O–H groups in total. The zero-order valence-corrected chi connectivity index (χ0v) is 9.60. The van der Waals surface area contributed by atoms with Crippen LogP contribution in [0.15, 0.2) is 12.3 Å². The van der Waals surface area contributed by atoms with Crippen molar-refractivity contribution in [3.63, 3.8) is 0 Å². The molecule has 0 radical (unpaired) electrons. The Hall–Kier alpha value is -1.36. The molecule has 1 aliphatic rings. The van der Waals surface area contributed by atoms with E-state index in [1.807, 2.05) is 13.0 Å². The number of hydrogen-bond donors (Lipinski definition) is 2. The number of rotatable bonds is 5. The highest BCUT2D eigenvalue weighted by atomic mass is 16.4. The Bertz CT molecular complexity index is 398. The lowest BCUT2D eigenvalue weighted by Crippen LogP contribution is -2.55. The topological polar surface area (TPSA) is 67.2 Å². The molecule has 1 saturated carbocycles. The molecule has 1 aromatic rings. The van der Waals surface area contributed by atoms with Crippen LogP contribution in [0.2, 0.25) is 0 Å². The van der Waals surface area contributed by atoms with Crippen LogP contribution in [0.5, 0.6) is 0 Å². The van der Waals surface area contributed by atoms with Crippen LogP contribution < -0.4 is 5.32 Å². The summed E-state index contributed by atoms with van der Waals surface area (Å²) in [6.07, 6.45) is 3.66. The maximum absolute atomic E-state index is 11.5. The number of aromatic nitrogens is 2. The predicted octanol–water partition coefficient (Wildman–Crippen LogP) is 0.644. The van der Waals surface area contributed by atoms with Gasteiger partial charge in [-0.2, -0.15) is 5.10 Å². The Kier molecular flexibility index (Phi) is 2.71. The lowest BCUT2D eigenvalue weighted by atomic mass is 9.93. The van der Waals surface area contributed by atoms with Crippen LogP contribution in [-0.2, 0) is 11.3 Å². The third-order valence-corrected chi connectivity index (χ3v) is 3.43. The van der Waals surface area contributed by atoms with Gasteiger partial charge in [0.25, 0.3) is 0 Å². The number of likely N-dealkylation sites (N-methyl/N-ethyl adjacent to an activating group) is 1. The molecule has 0 aliphatic heterocycles. The van der Waals surface area contributed by atoms with Crippen molar-refractivity contribution in [1.29, 1.82) is 0 Å². The van der Waals surface area contributed by atoms with E-state index in [0.717, 1.165) is 18.5 Å². The predicted molar refractivity (Wildman–Crippen MR) is 59.1 cm³/mol. The molecule has 1 unspecified atom stereocenters. The van der Waals surface area contributed by atoms with Crippen molar-refractivity contribution in [2.45, 2.75) is 31.8 Å². The highest BCUT2D eigenvalue weighted by Crippen LogP contribution is 2.40. The van der Waals surface area contributed by atoms with Crippen molar-refractivity contribution in [2.75, 3.05) is 7.05 Å². The molecule has 0 saturated heterocycles. The lowest BCUT2D eigenvalue weighted by molar-refractivity contribution is -0.146. The first kappa shape index (κ1) is 11.1. The lowest BCUT2D eigenvalue weighted by Gasteiger charge is -2.29. The molecule has 0 aromatic carbocycles. The summed E-state index contributed by atoms with van der Waals surface area (Å²) in [6, 6.07) is 1.88. The fourth-order valence-corrected chi connectivity index (χ4v) is 2.14. The van der Waals surface area contributed by atoms with Crippen LogP contribution >= 0.6 is 0 Å². The van der Waals surface area contributed by atoms with Crippen LogP contribution in [0.4, 0.5) is 0 Å². The maximum Gasteiger partial charge on any atom is 0.326 e. The van der Waals surface area contributed by atoms with Crippen LogP contribution in [0.3, 0.4) is 0 Å². The van der Waals surface area contributed by atoms with Gasteiger partial charge in [0.1, 0.15) is 5.54 Å². The summed E-state index contributed by atoms with van der Waals surface area (Å²) in [6.45, 7) is 2.32. The van der Waals surface area contributed by atoms with Gasteiger partial charge in [-0.1, -0.05) is 0 Å². The highest BCUT2D eigenvalue weighted by Gasteiger charge is 2.50. The fourth-order valence-electron chi connectivity index (χ4n) is 2.14. The quantitative estimate of drug-likeness (QED) is 0.769. The van der Waals surface area contributed by atoms with E-state index in [4.69, 9.17) is 0 Å². The van der Waals surface area contributed by atoms with Crippen LogP contribution in [0.25, 0.3) is 0 Å². The van der Waals surface area contributed by atoms with Gasteiger partial charge in [-0.15, -0.1) is 0 Å². The van der Waals surface area contributed by atoms with Crippen LogP contribution in [-0.4, -0.2) is 33.4 Å². The number of nitrogens with one attached hydrogen (secondary N) is 1. The maximum atomic E-state index is 11.5. The number of carboxylic acids is 1. The van der Waals surface area contributed by atoms with Gasteiger partial charge in [-0.25, -0.2) is 0 Å². The Morgan fingerprint density at radius 2 is 2.44 bits per heavy atom. The second kappa shape index (κ2) is 3.90. The average molecular weight is 223 g/mol. The summed E-state index contributed by atoms with van der Waals surface area (Å²) in [7, 11) is 1.71. The second-order valence-electron chi connectivity index (χ2n) is 4.43. The normalized spacial score (nSPS) is 19.4. The molecule has 1 heterocycles. The van der Waals surface area contributed by atoms with Crippen molar-refractivity contribution < 1.29 is 9.90 Å². The van der Waals surface area contributed by atoms with E-state index >= 15 is 0 Å². The van der Waals surface area contributed by atoms with E-state index < -0.39 is 11.5 Å². The molecule has 5 heteroatoms. The summed E-state index contributed by atoms with van der Waals surface area (Å²) in [5.41, 5.74) is 0.123. The molecule has 1 atom stereocenters. The Labute approximate surface area is 94.5 Å². The minimum absolute atomic E-state index is 0.221. The molecule has 1 aromatic heterocycles. The molecule has 2 rings (SSSR count). The summed E-state index contributed by atoms with van der Waals surface area (Å²) in [5.74, 6) is -0.564. The number of carbonyl (C=O) groups is 1. The van der Waals surface area contributed by atoms with Crippen molar-refractivity contribution in [3.05, 3.63) is 18.0 Å². The average Bonchev–Trinajstić information content (AvgIpc) is 3.01. The molecule has 16 heavy (non-hydrogen) atoms. The van der Waals surface area contributed by atoms with Gasteiger partial charge in [0.15, 0.2) is 0 Å². The van der Waals surface area contributed by atoms with E-state index in [1.165, 1.54) is 0 Å². The first-order valence-electron chi connectivity index (χ1n) is 5.51. The number of nitrogens with zero attached hydrogens (tertiary/aromatic N) is 2. The molecule has 0 amide bonds. The first-order chi connectivity index (χ1) is 7.60. The van der Waals surface area contributed by atoms with Gasteiger partial charge < -0.3 is 10.4 Å². The molecule has 0 spiro atoms. The van der Waals surface area contributed by atoms with E-state index in [0.29, 0.717) is 6.54 Å². The summed E-state index contributed by atoms with van der Waals surface area (Å²) < 4.78 is 1.75. The number of hydrogen-bond acceptors (Lipinski definition) is 3. The second-order valence-corrected chi connectivity index (χ2v) is 4.43. The Balaban J connectivity index is 2.26. The standard InChI is InChI=1S/C11H17N3O2/c1-8-5-6-13-14(8)7-11(12-2,10(15)16)9-3-4-9/h5-6,9,12H,3-4,7H2,1-2H3,(H,15,16). The highest BCUT2D eigenvalue weighted by molar-refractivity contribution is 5.79. The monoisotopic (exact) mass is 223 g/mol. The summed E-state index contributed by atoms with van der Waals surface area (Å²) in [4.78, 5) is 11.5. The Morgan fingerprint density at radius 1 is 1.75 bits per heavy atom. The van der Waals surface area contributed by atoms with E-state index in [1.54, 1.807) is 17.9 Å². The van der Waals surface area contributed by atoms with Gasteiger partial charge in [-0.3, -0.25) is 9.48 Å². The van der Waals surface area contributed by atoms with Gasteiger partial charge in [-0.05, 0) is 38.8 Å². The number of aliphatic carboxylic acids is 1. The zero-order chi connectivity index (χ0) is 11.8. The number of carboxylic acid groups (broad SMARTS) is 1. The van der Waals surface area contributed by atoms with Gasteiger partial charge in [0.05, 0.1) is 6.54 Å². The van der Waals surface area contributed by atoms with Gasteiger partial charge in [0.2, 0.25) is 0 Å². The number of aryl methyl sites for hydroxylation is 1. The van der Waals surface area contributed by atoms with Crippen molar-refractivity contribution >= 4 is 5.97 Å². The SMILES string of the molecule is CNC(Cn1nccc1C)(C(=O)O)C1CC1. The molecule has 1 fully saturated rings. The van der Waals surface area contributed by atoms with Crippen LogP contribution in [0, 0.1) is 12.8 Å². The zero-order valence-electron chi connectivity index (χ0n) is 9.60. The largest absolute Gasteiger partial charge is 0.480 e.